The summed E-state index contributed by atoms with van der Waals surface area (Å²) in [4.78, 5) is 14.6. The Kier molecular flexibility index (Phi) is 5.23. The molecule has 2 rings (SSSR count). The fourth-order valence-corrected chi connectivity index (χ4v) is 2.95. The van der Waals surface area contributed by atoms with Gasteiger partial charge in [0.05, 0.1) is 13.0 Å². The van der Waals surface area contributed by atoms with Crippen LogP contribution in [-0.4, -0.2) is 36.5 Å². The van der Waals surface area contributed by atoms with E-state index in [4.69, 9.17) is 10.5 Å². The number of hydrogen-bond acceptors (Lipinski definition) is 3. The molecule has 0 bridgehead atoms. The van der Waals surface area contributed by atoms with Crippen molar-refractivity contribution in [1.82, 2.24) is 4.90 Å². The fraction of sp³-hybridized carbons (Fsp3) is 0.588. The van der Waals surface area contributed by atoms with Crippen LogP contribution < -0.4 is 10.5 Å². The van der Waals surface area contributed by atoms with Gasteiger partial charge in [-0.25, -0.2) is 0 Å². The summed E-state index contributed by atoms with van der Waals surface area (Å²) in [5, 5.41) is 0. The zero-order valence-electron chi connectivity index (χ0n) is 13.2. The van der Waals surface area contributed by atoms with Crippen molar-refractivity contribution in [3.63, 3.8) is 0 Å². The molecule has 1 aliphatic rings. The minimum Gasteiger partial charge on any atom is -0.496 e. The number of ether oxygens (including phenoxy) is 1. The molecule has 0 radical (unpaired) electrons. The van der Waals surface area contributed by atoms with Crippen LogP contribution in [-0.2, 0) is 11.2 Å². The van der Waals surface area contributed by atoms with Crippen LogP contribution in [0.2, 0.25) is 0 Å². The van der Waals surface area contributed by atoms with Gasteiger partial charge in [-0.1, -0.05) is 25.1 Å². The molecule has 1 saturated heterocycles. The molecule has 116 valence electrons. The van der Waals surface area contributed by atoms with Crippen LogP contribution >= 0.6 is 0 Å². The minimum absolute atomic E-state index is 0.106. The van der Waals surface area contributed by atoms with E-state index in [0.29, 0.717) is 0 Å². The third-order valence-corrected chi connectivity index (χ3v) is 4.49. The van der Waals surface area contributed by atoms with Gasteiger partial charge in [0.1, 0.15) is 5.75 Å². The maximum Gasteiger partial charge on any atom is 0.227 e. The van der Waals surface area contributed by atoms with E-state index < -0.39 is 0 Å². The third kappa shape index (κ3) is 3.56. The molecule has 1 aliphatic heterocycles. The monoisotopic (exact) mass is 290 g/mol. The van der Waals surface area contributed by atoms with Crippen LogP contribution in [0.4, 0.5) is 0 Å². The van der Waals surface area contributed by atoms with Crippen LogP contribution in [0.25, 0.3) is 0 Å². The first-order valence-corrected chi connectivity index (χ1v) is 7.72. The summed E-state index contributed by atoms with van der Waals surface area (Å²) in [6.07, 6.45) is 2.97. The molecule has 0 spiro atoms. The van der Waals surface area contributed by atoms with Crippen molar-refractivity contribution in [2.24, 2.45) is 11.7 Å². The van der Waals surface area contributed by atoms with Gasteiger partial charge in [0.15, 0.2) is 0 Å². The Balaban J connectivity index is 2.10. The minimum atomic E-state index is -0.122. The molecule has 3 atom stereocenters. The van der Waals surface area contributed by atoms with Crippen molar-refractivity contribution in [2.75, 3.05) is 13.7 Å². The smallest absolute Gasteiger partial charge is 0.227 e. The Morgan fingerprint density at radius 3 is 2.81 bits per heavy atom. The van der Waals surface area contributed by atoms with Crippen LogP contribution in [0.5, 0.6) is 5.75 Å². The summed E-state index contributed by atoms with van der Waals surface area (Å²) in [5.74, 6) is 0.961. The van der Waals surface area contributed by atoms with Crippen molar-refractivity contribution >= 4 is 5.91 Å². The van der Waals surface area contributed by atoms with Gasteiger partial charge < -0.3 is 15.4 Å². The quantitative estimate of drug-likeness (QED) is 0.904. The van der Waals surface area contributed by atoms with Crippen molar-refractivity contribution in [1.29, 1.82) is 0 Å². The van der Waals surface area contributed by atoms with Crippen LogP contribution in [0, 0.1) is 5.92 Å². The number of likely N-dealkylation sites (tertiary alicyclic amines) is 1. The molecule has 0 saturated carbocycles. The summed E-state index contributed by atoms with van der Waals surface area (Å²) in [5.41, 5.74) is 7.05. The maximum atomic E-state index is 12.6. The van der Waals surface area contributed by atoms with E-state index in [-0.39, 0.29) is 23.9 Å². The SMILES string of the molecule is COc1ccccc1CC1CCCN1C(=O)C(C)C(C)N. The van der Waals surface area contributed by atoms with E-state index in [1.54, 1.807) is 7.11 Å². The Bertz CT molecular complexity index is 487. The standard InChI is InChI=1S/C17H26N2O2/c1-12(13(2)18)17(20)19-10-6-8-15(19)11-14-7-4-5-9-16(14)21-3/h4-5,7,9,12-13,15H,6,8,10-11,18H2,1-3H3. The average molecular weight is 290 g/mol. The largest absolute Gasteiger partial charge is 0.496 e. The summed E-state index contributed by atoms with van der Waals surface area (Å²) in [6.45, 7) is 4.66. The van der Waals surface area contributed by atoms with E-state index >= 15 is 0 Å². The molecular formula is C17H26N2O2. The Morgan fingerprint density at radius 1 is 1.43 bits per heavy atom. The molecule has 3 unspecified atom stereocenters. The highest BCUT2D eigenvalue weighted by atomic mass is 16.5. The Hall–Kier alpha value is -1.55. The second-order valence-corrected chi connectivity index (χ2v) is 5.99. The lowest BCUT2D eigenvalue weighted by atomic mass is 9.99. The molecule has 4 heteroatoms. The first kappa shape index (κ1) is 15.8. The van der Waals surface area contributed by atoms with Crippen LogP contribution in [0.3, 0.4) is 0 Å². The first-order valence-electron chi connectivity index (χ1n) is 7.72. The fourth-order valence-electron chi connectivity index (χ4n) is 2.95. The lowest BCUT2D eigenvalue weighted by Gasteiger charge is -2.29. The number of para-hydroxylation sites is 1. The summed E-state index contributed by atoms with van der Waals surface area (Å²) >= 11 is 0. The van der Waals surface area contributed by atoms with E-state index in [0.717, 1.165) is 37.1 Å². The lowest BCUT2D eigenvalue weighted by molar-refractivity contribution is -0.136. The molecule has 2 N–H and O–H groups in total. The molecule has 0 aliphatic carbocycles. The predicted molar refractivity (Wildman–Crippen MR) is 84.2 cm³/mol. The van der Waals surface area contributed by atoms with Crippen LogP contribution in [0.15, 0.2) is 24.3 Å². The Morgan fingerprint density at radius 2 is 2.14 bits per heavy atom. The maximum absolute atomic E-state index is 12.6. The van der Waals surface area contributed by atoms with Crippen LogP contribution in [0.1, 0.15) is 32.3 Å². The second-order valence-electron chi connectivity index (χ2n) is 5.99. The number of carbonyl (C=O) groups excluding carboxylic acids is 1. The van der Waals surface area contributed by atoms with Crippen molar-refractivity contribution in [3.05, 3.63) is 29.8 Å². The number of amides is 1. The summed E-state index contributed by atoms with van der Waals surface area (Å²) in [7, 11) is 1.69. The van der Waals surface area contributed by atoms with Gasteiger partial charge >= 0.3 is 0 Å². The highest BCUT2D eigenvalue weighted by molar-refractivity contribution is 5.79. The second kappa shape index (κ2) is 6.94. The van der Waals surface area contributed by atoms with Gasteiger partial charge in [0, 0.05) is 18.6 Å². The molecule has 1 amide bonds. The van der Waals surface area contributed by atoms with Crippen molar-refractivity contribution in [3.8, 4) is 5.75 Å². The molecule has 1 heterocycles. The number of hydrogen-bond donors (Lipinski definition) is 1. The van der Waals surface area contributed by atoms with E-state index in [1.165, 1.54) is 0 Å². The van der Waals surface area contributed by atoms with Gasteiger partial charge in [0.25, 0.3) is 0 Å². The number of carbonyl (C=O) groups is 1. The van der Waals surface area contributed by atoms with Gasteiger partial charge in [-0.05, 0) is 37.8 Å². The van der Waals surface area contributed by atoms with Gasteiger partial charge in [0.2, 0.25) is 5.91 Å². The molecule has 0 aromatic heterocycles. The third-order valence-electron chi connectivity index (χ3n) is 4.49. The Labute approximate surface area is 127 Å². The zero-order chi connectivity index (χ0) is 15.4. The molecule has 1 fully saturated rings. The first-order chi connectivity index (χ1) is 10.0. The average Bonchev–Trinajstić information content (AvgIpc) is 2.94. The summed E-state index contributed by atoms with van der Waals surface area (Å²) < 4.78 is 5.41. The number of benzene rings is 1. The lowest BCUT2D eigenvalue weighted by Crippen LogP contribution is -2.44. The number of nitrogens with zero attached hydrogens (tertiary/aromatic N) is 1. The topological polar surface area (TPSA) is 55.6 Å². The van der Waals surface area contributed by atoms with Gasteiger partial charge in [-0.3, -0.25) is 4.79 Å². The molecule has 1 aromatic rings. The highest BCUT2D eigenvalue weighted by Crippen LogP contribution is 2.27. The molecule has 21 heavy (non-hydrogen) atoms. The molecule has 1 aromatic carbocycles. The van der Waals surface area contributed by atoms with Crippen molar-refractivity contribution in [2.45, 2.75) is 45.2 Å². The van der Waals surface area contributed by atoms with Crippen molar-refractivity contribution < 1.29 is 9.53 Å². The van der Waals surface area contributed by atoms with E-state index in [2.05, 4.69) is 6.07 Å². The summed E-state index contributed by atoms with van der Waals surface area (Å²) in [6, 6.07) is 8.19. The zero-order valence-corrected chi connectivity index (χ0v) is 13.2. The van der Waals surface area contributed by atoms with Gasteiger partial charge in [-0.2, -0.15) is 0 Å². The number of nitrogens with two attached hydrogens (primary N) is 1. The molecular weight excluding hydrogens is 264 g/mol. The molecule has 4 nitrogen and oxygen atoms in total. The predicted octanol–water partition coefficient (Wildman–Crippen LogP) is 2.21. The number of methoxy groups -OCH3 is 1. The van der Waals surface area contributed by atoms with Gasteiger partial charge in [-0.15, -0.1) is 0 Å². The normalized spacial score (nSPS) is 21.1. The highest BCUT2D eigenvalue weighted by Gasteiger charge is 2.32. The van der Waals surface area contributed by atoms with E-state index in [1.807, 2.05) is 36.9 Å². The number of rotatable bonds is 5. The van der Waals surface area contributed by atoms with E-state index in [9.17, 15) is 4.79 Å².